The minimum Gasteiger partial charge on any atom is -0.462 e. The Morgan fingerprint density at radius 3 is 2.41 bits per heavy atom. The normalized spacial score (nSPS) is 10.4. The van der Waals surface area contributed by atoms with E-state index in [0.717, 1.165) is 23.4 Å². The highest BCUT2D eigenvalue weighted by atomic mass is 35.5. The van der Waals surface area contributed by atoms with E-state index in [1.165, 1.54) is 22.1 Å². The van der Waals surface area contributed by atoms with E-state index < -0.39 is 0 Å². The third-order valence-corrected chi connectivity index (χ3v) is 4.29. The Kier molecular flexibility index (Phi) is 6.81. The third-order valence-electron chi connectivity index (χ3n) is 4.29. The SMILES string of the molecule is CCCOC(=O)c1ccc(Nc2cc(C)c3cc(C)cc(C)c3n2)cc1.Cl. The van der Waals surface area contributed by atoms with Crippen molar-refractivity contribution in [1.29, 1.82) is 0 Å². The van der Waals surface area contributed by atoms with Crippen LogP contribution >= 0.6 is 12.4 Å². The van der Waals surface area contributed by atoms with E-state index in [0.29, 0.717) is 12.2 Å². The fraction of sp³-hybridized carbons (Fsp3) is 0.273. The summed E-state index contributed by atoms with van der Waals surface area (Å²) < 4.78 is 5.15. The van der Waals surface area contributed by atoms with Gasteiger partial charge in [-0.2, -0.15) is 0 Å². The Hall–Kier alpha value is -2.59. The number of nitrogens with zero attached hydrogens (tertiary/aromatic N) is 1. The lowest BCUT2D eigenvalue weighted by atomic mass is 10.0. The zero-order valence-corrected chi connectivity index (χ0v) is 16.9. The van der Waals surface area contributed by atoms with Gasteiger partial charge in [0, 0.05) is 11.1 Å². The van der Waals surface area contributed by atoms with Gasteiger partial charge in [0.25, 0.3) is 0 Å². The Morgan fingerprint density at radius 2 is 1.74 bits per heavy atom. The molecule has 0 unspecified atom stereocenters. The number of esters is 1. The van der Waals surface area contributed by atoms with Gasteiger partial charge in [-0.05, 0) is 74.7 Å². The highest BCUT2D eigenvalue weighted by Crippen LogP contribution is 2.26. The number of ether oxygens (including phenoxy) is 1. The van der Waals surface area contributed by atoms with Crippen LogP contribution in [-0.2, 0) is 4.74 Å². The molecule has 0 bridgehead atoms. The summed E-state index contributed by atoms with van der Waals surface area (Å²) >= 11 is 0. The molecule has 0 fully saturated rings. The van der Waals surface area contributed by atoms with Crippen LogP contribution in [-0.4, -0.2) is 17.6 Å². The topological polar surface area (TPSA) is 51.2 Å². The molecule has 0 radical (unpaired) electrons. The van der Waals surface area contributed by atoms with Crippen molar-refractivity contribution >= 4 is 40.8 Å². The molecule has 0 spiro atoms. The number of hydrogen-bond acceptors (Lipinski definition) is 4. The molecule has 0 aliphatic heterocycles. The average molecular weight is 385 g/mol. The van der Waals surface area contributed by atoms with Gasteiger partial charge in [-0.25, -0.2) is 9.78 Å². The summed E-state index contributed by atoms with van der Waals surface area (Å²) in [5, 5.41) is 4.51. The maximum Gasteiger partial charge on any atom is 0.338 e. The van der Waals surface area contributed by atoms with Crippen LogP contribution in [0.4, 0.5) is 11.5 Å². The quantitative estimate of drug-likeness (QED) is 0.557. The minimum atomic E-state index is -0.288. The molecule has 3 aromatic rings. The van der Waals surface area contributed by atoms with Gasteiger partial charge in [0.15, 0.2) is 0 Å². The van der Waals surface area contributed by atoms with Gasteiger partial charge >= 0.3 is 5.97 Å². The van der Waals surface area contributed by atoms with Gasteiger partial charge in [-0.3, -0.25) is 0 Å². The molecule has 0 amide bonds. The first-order valence-corrected chi connectivity index (χ1v) is 8.90. The van der Waals surface area contributed by atoms with E-state index in [1.807, 2.05) is 25.1 Å². The first-order valence-electron chi connectivity index (χ1n) is 8.90. The number of nitrogens with one attached hydrogen (secondary N) is 1. The summed E-state index contributed by atoms with van der Waals surface area (Å²) in [5.74, 6) is 0.507. The largest absolute Gasteiger partial charge is 0.462 e. The number of carbonyl (C=O) groups is 1. The molecule has 2 aromatic carbocycles. The van der Waals surface area contributed by atoms with Gasteiger partial charge in [0.05, 0.1) is 17.7 Å². The van der Waals surface area contributed by atoms with Crippen LogP contribution < -0.4 is 5.32 Å². The lowest BCUT2D eigenvalue weighted by Gasteiger charge is -2.12. The van der Waals surface area contributed by atoms with Gasteiger partial charge in [-0.15, -0.1) is 12.4 Å². The number of aromatic nitrogens is 1. The summed E-state index contributed by atoms with van der Waals surface area (Å²) in [6.07, 6.45) is 0.817. The highest BCUT2D eigenvalue weighted by Gasteiger charge is 2.09. The van der Waals surface area contributed by atoms with Crippen LogP contribution in [0.15, 0.2) is 42.5 Å². The third kappa shape index (κ3) is 4.77. The van der Waals surface area contributed by atoms with Crippen LogP contribution in [0.5, 0.6) is 0 Å². The summed E-state index contributed by atoms with van der Waals surface area (Å²) in [7, 11) is 0. The van der Waals surface area contributed by atoms with E-state index in [1.54, 1.807) is 12.1 Å². The number of halogens is 1. The monoisotopic (exact) mass is 384 g/mol. The summed E-state index contributed by atoms with van der Waals surface area (Å²) in [6, 6.07) is 13.6. The van der Waals surface area contributed by atoms with Crippen molar-refractivity contribution in [2.75, 3.05) is 11.9 Å². The van der Waals surface area contributed by atoms with Gasteiger partial charge in [0.1, 0.15) is 5.82 Å². The molecule has 0 aliphatic rings. The van der Waals surface area contributed by atoms with Crippen LogP contribution in [0.25, 0.3) is 10.9 Å². The molecule has 27 heavy (non-hydrogen) atoms. The van der Waals surface area contributed by atoms with Crippen molar-refractivity contribution in [2.45, 2.75) is 34.1 Å². The number of anilines is 2. The van der Waals surface area contributed by atoms with E-state index in [4.69, 9.17) is 9.72 Å². The lowest BCUT2D eigenvalue weighted by molar-refractivity contribution is 0.0505. The van der Waals surface area contributed by atoms with Gasteiger partial charge < -0.3 is 10.1 Å². The number of benzene rings is 2. The number of hydrogen-bond donors (Lipinski definition) is 1. The molecule has 142 valence electrons. The van der Waals surface area contributed by atoms with E-state index in [9.17, 15) is 4.79 Å². The van der Waals surface area contributed by atoms with Crippen molar-refractivity contribution in [2.24, 2.45) is 0 Å². The van der Waals surface area contributed by atoms with Gasteiger partial charge in [0.2, 0.25) is 0 Å². The number of aryl methyl sites for hydroxylation is 3. The van der Waals surface area contributed by atoms with Crippen LogP contribution in [0.2, 0.25) is 0 Å². The predicted octanol–water partition coefficient (Wildman–Crippen LogP) is 5.89. The maximum absolute atomic E-state index is 11.9. The molecule has 1 N–H and O–H groups in total. The summed E-state index contributed by atoms with van der Waals surface area (Å²) in [6.45, 7) is 8.70. The Morgan fingerprint density at radius 1 is 1.04 bits per heavy atom. The fourth-order valence-corrected chi connectivity index (χ4v) is 3.02. The van der Waals surface area contributed by atoms with Gasteiger partial charge in [-0.1, -0.05) is 18.6 Å². The van der Waals surface area contributed by atoms with Crippen LogP contribution in [0.1, 0.15) is 40.4 Å². The summed E-state index contributed by atoms with van der Waals surface area (Å²) in [5.41, 5.74) is 6.04. The van der Waals surface area contributed by atoms with Crippen LogP contribution in [0, 0.1) is 20.8 Å². The minimum absolute atomic E-state index is 0. The first kappa shape index (κ1) is 20.7. The molecule has 0 saturated heterocycles. The van der Waals surface area contributed by atoms with Crippen LogP contribution in [0.3, 0.4) is 0 Å². The van der Waals surface area contributed by atoms with Crippen molar-refractivity contribution in [3.63, 3.8) is 0 Å². The first-order chi connectivity index (χ1) is 12.5. The molecule has 5 heteroatoms. The number of carbonyl (C=O) groups excluding carboxylic acids is 1. The Balaban J connectivity index is 0.00000261. The maximum atomic E-state index is 11.9. The standard InChI is InChI=1S/C22H24N2O2.ClH/c1-5-10-26-22(25)17-6-8-18(9-7-17)23-20-13-15(3)19-12-14(2)11-16(4)21(19)24-20;/h6-9,11-13H,5,10H2,1-4H3,(H,23,24);1H. The van der Waals surface area contributed by atoms with Crippen molar-refractivity contribution in [1.82, 2.24) is 4.98 Å². The Bertz CT molecular complexity index is 953. The van der Waals surface area contributed by atoms with E-state index in [2.05, 4.69) is 38.2 Å². The second kappa shape index (κ2) is 8.87. The second-order valence-electron chi connectivity index (χ2n) is 6.64. The predicted molar refractivity (Wildman–Crippen MR) is 114 cm³/mol. The van der Waals surface area contributed by atoms with Crippen molar-refractivity contribution < 1.29 is 9.53 Å². The number of rotatable bonds is 5. The molecule has 1 heterocycles. The molecule has 0 saturated carbocycles. The zero-order chi connectivity index (χ0) is 18.7. The molecule has 4 nitrogen and oxygen atoms in total. The van der Waals surface area contributed by atoms with Crippen molar-refractivity contribution in [3.8, 4) is 0 Å². The highest BCUT2D eigenvalue weighted by molar-refractivity contribution is 5.90. The second-order valence-corrected chi connectivity index (χ2v) is 6.64. The van der Waals surface area contributed by atoms with E-state index >= 15 is 0 Å². The smallest absolute Gasteiger partial charge is 0.338 e. The zero-order valence-electron chi connectivity index (χ0n) is 16.1. The molecule has 1 aromatic heterocycles. The van der Waals surface area contributed by atoms with E-state index in [-0.39, 0.29) is 18.4 Å². The Labute approximate surface area is 166 Å². The van der Waals surface area contributed by atoms with Crippen molar-refractivity contribution in [3.05, 3.63) is 64.7 Å². The molecular weight excluding hydrogens is 360 g/mol. The molecule has 0 atom stereocenters. The molecule has 0 aliphatic carbocycles. The number of pyridine rings is 1. The fourth-order valence-electron chi connectivity index (χ4n) is 3.02. The summed E-state index contributed by atoms with van der Waals surface area (Å²) in [4.78, 5) is 16.6. The molecule has 3 rings (SSSR count). The average Bonchev–Trinajstić information content (AvgIpc) is 2.61. The molecular formula is C22H25ClN2O2. The lowest BCUT2D eigenvalue weighted by Crippen LogP contribution is -2.05. The number of fused-ring (bicyclic) bond motifs is 1.